The van der Waals surface area contributed by atoms with Gasteiger partial charge in [0.1, 0.15) is 0 Å². The minimum absolute atomic E-state index is 0.00132. The molecule has 0 amide bonds. The molecule has 1 fully saturated rings. The molecule has 1 aliphatic rings. The monoisotopic (exact) mass is 265 g/mol. The van der Waals surface area contributed by atoms with Crippen LogP contribution in [0.25, 0.3) is 0 Å². The van der Waals surface area contributed by atoms with Gasteiger partial charge in [-0.2, -0.15) is 4.98 Å². The normalized spacial score (nSPS) is 22.8. The fourth-order valence-electron chi connectivity index (χ4n) is 2.51. The van der Waals surface area contributed by atoms with Crippen LogP contribution in [0.3, 0.4) is 0 Å². The second-order valence-electron chi connectivity index (χ2n) is 4.99. The Balaban J connectivity index is 2.23. The summed E-state index contributed by atoms with van der Waals surface area (Å²) in [6, 6.07) is 3.18. The molecule has 104 valence electrons. The lowest BCUT2D eigenvalue weighted by Crippen LogP contribution is -2.31. The molecule has 19 heavy (non-hydrogen) atoms. The van der Waals surface area contributed by atoms with E-state index in [9.17, 15) is 10.1 Å². The predicted molar refractivity (Wildman–Crippen MR) is 72.5 cm³/mol. The molecule has 1 N–H and O–H groups in total. The van der Waals surface area contributed by atoms with Gasteiger partial charge in [0.25, 0.3) is 0 Å². The lowest BCUT2D eigenvalue weighted by atomic mass is 9.86. The second kappa shape index (κ2) is 5.86. The molecule has 2 atom stereocenters. The second-order valence-corrected chi connectivity index (χ2v) is 4.99. The van der Waals surface area contributed by atoms with Gasteiger partial charge in [-0.05, 0) is 18.8 Å². The average molecular weight is 265 g/mol. The van der Waals surface area contributed by atoms with Crippen LogP contribution in [0.2, 0.25) is 0 Å². The molecule has 1 aromatic rings. The van der Waals surface area contributed by atoms with Crippen LogP contribution in [0.4, 0.5) is 11.5 Å². The van der Waals surface area contributed by atoms with Gasteiger partial charge in [-0.25, -0.2) is 0 Å². The van der Waals surface area contributed by atoms with Crippen molar-refractivity contribution >= 4 is 11.5 Å². The van der Waals surface area contributed by atoms with Crippen LogP contribution < -0.4 is 10.1 Å². The minimum Gasteiger partial charge on any atom is -0.481 e. The largest absolute Gasteiger partial charge is 0.481 e. The molecule has 0 aromatic carbocycles. The van der Waals surface area contributed by atoms with Crippen molar-refractivity contribution in [3.63, 3.8) is 0 Å². The molecule has 1 aromatic heterocycles. The predicted octanol–water partition coefficient (Wildman–Crippen LogP) is 2.99. The van der Waals surface area contributed by atoms with Gasteiger partial charge >= 0.3 is 5.69 Å². The maximum Gasteiger partial charge on any atom is 0.311 e. The molecular formula is C13H19N3O3. The van der Waals surface area contributed by atoms with E-state index in [4.69, 9.17) is 4.74 Å². The van der Waals surface area contributed by atoms with Crippen LogP contribution in [-0.2, 0) is 0 Å². The van der Waals surface area contributed by atoms with E-state index in [1.54, 1.807) is 0 Å². The molecule has 0 bridgehead atoms. The van der Waals surface area contributed by atoms with Crippen LogP contribution in [0, 0.1) is 16.0 Å². The Morgan fingerprint density at radius 1 is 1.42 bits per heavy atom. The number of pyridine rings is 1. The van der Waals surface area contributed by atoms with Crippen LogP contribution in [0.15, 0.2) is 12.1 Å². The number of nitrogens with one attached hydrogen (secondary N) is 1. The number of rotatable bonds is 4. The Kier molecular flexibility index (Phi) is 4.19. The van der Waals surface area contributed by atoms with Gasteiger partial charge in [0.2, 0.25) is 11.7 Å². The van der Waals surface area contributed by atoms with Crippen LogP contribution in [0.1, 0.15) is 32.6 Å². The molecule has 0 radical (unpaired) electrons. The first-order chi connectivity index (χ1) is 9.11. The smallest absolute Gasteiger partial charge is 0.311 e. The number of hydrogen-bond donors (Lipinski definition) is 1. The maximum atomic E-state index is 11.0. The summed E-state index contributed by atoms with van der Waals surface area (Å²) in [4.78, 5) is 14.8. The van der Waals surface area contributed by atoms with Gasteiger partial charge in [0, 0.05) is 18.2 Å². The van der Waals surface area contributed by atoms with Gasteiger partial charge in [0.05, 0.1) is 12.0 Å². The van der Waals surface area contributed by atoms with Crippen molar-refractivity contribution in [3.8, 4) is 5.88 Å². The highest BCUT2D eigenvalue weighted by Crippen LogP contribution is 2.30. The van der Waals surface area contributed by atoms with Gasteiger partial charge in [-0.15, -0.1) is 0 Å². The number of nitro groups is 1. The molecule has 6 heteroatoms. The summed E-state index contributed by atoms with van der Waals surface area (Å²) in [6.45, 7) is 2.17. The summed E-state index contributed by atoms with van der Waals surface area (Å²) >= 11 is 0. The zero-order chi connectivity index (χ0) is 13.8. The highest BCUT2D eigenvalue weighted by atomic mass is 16.6. The number of nitrogens with zero attached hydrogens (tertiary/aromatic N) is 2. The molecule has 2 rings (SSSR count). The molecule has 1 heterocycles. The SMILES string of the molecule is COc1ccc([N+](=O)[O-])c(NC2CCCCC2C)n1. The molecule has 0 aliphatic heterocycles. The van der Waals surface area contributed by atoms with E-state index in [2.05, 4.69) is 17.2 Å². The van der Waals surface area contributed by atoms with Gasteiger partial charge in [0.15, 0.2) is 0 Å². The Bertz CT molecular complexity index is 464. The quantitative estimate of drug-likeness (QED) is 0.669. The first kappa shape index (κ1) is 13.6. The summed E-state index contributed by atoms with van der Waals surface area (Å²) in [6.07, 6.45) is 4.55. The molecule has 0 spiro atoms. The Hall–Kier alpha value is -1.85. The molecular weight excluding hydrogens is 246 g/mol. The average Bonchev–Trinajstić information content (AvgIpc) is 2.41. The number of methoxy groups -OCH3 is 1. The number of aromatic nitrogens is 1. The van der Waals surface area contributed by atoms with E-state index < -0.39 is 4.92 Å². The summed E-state index contributed by atoms with van der Waals surface area (Å²) in [5.74, 6) is 1.20. The van der Waals surface area contributed by atoms with Crippen molar-refractivity contribution in [3.05, 3.63) is 22.2 Å². The van der Waals surface area contributed by atoms with E-state index in [0.717, 1.165) is 19.3 Å². The summed E-state index contributed by atoms with van der Waals surface area (Å²) in [5, 5.41) is 14.3. The van der Waals surface area contributed by atoms with Gasteiger partial charge < -0.3 is 10.1 Å². The third-order valence-corrected chi connectivity index (χ3v) is 3.69. The fourth-order valence-corrected chi connectivity index (χ4v) is 2.51. The third kappa shape index (κ3) is 3.13. The molecule has 1 aliphatic carbocycles. The van der Waals surface area contributed by atoms with Crippen molar-refractivity contribution in [2.75, 3.05) is 12.4 Å². The van der Waals surface area contributed by atoms with Crippen molar-refractivity contribution in [1.82, 2.24) is 4.98 Å². The van der Waals surface area contributed by atoms with E-state index in [1.807, 2.05) is 0 Å². The van der Waals surface area contributed by atoms with E-state index >= 15 is 0 Å². The summed E-state index contributed by atoms with van der Waals surface area (Å²) in [7, 11) is 1.50. The molecule has 0 saturated heterocycles. The van der Waals surface area contributed by atoms with Gasteiger partial charge in [-0.1, -0.05) is 19.8 Å². The molecule has 2 unspecified atom stereocenters. The van der Waals surface area contributed by atoms with Crippen molar-refractivity contribution in [2.24, 2.45) is 5.92 Å². The summed E-state index contributed by atoms with van der Waals surface area (Å²) in [5.41, 5.74) is -0.00132. The Morgan fingerprint density at radius 3 is 2.79 bits per heavy atom. The van der Waals surface area contributed by atoms with Crippen LogP contribution in [0.5, 0.6) is 5.88 Å². The van der Waals surface area contributed by atoms with Crippen molar-refractivity contribution in [1.29, 1.82) is 0 Å². The first-order valence-electron chi connectivity index (χ1n) is 6.57. The van der Waals surface area contributed by atoms with Crippen molar-refractivity contribution < 1.29 is 9.66 Å². The third-order valence-electron chi connectivity index (χ3n) is 3.69. The number of hydrogen-bond acceptors (Lipinski definition) is 5. The summed E-state index contributed by atoms with van der Waals surface area (Å²) < 4.78 is 5.03. The highest BCUT2D eigenvalue weighted by molar-refractivity contribution is 5.57. The lowest BCUT2D eigenvalue weighted by Gasteiger charge is -2.29. The lowest BCUT2D eigenvalue weighted by molar-refractivity contribution is -0.384. The van der Waals surface area contributed by atoms with Crippen molar-refractivity contribution in [2.45, 2.75) is 38.6 Å². The highest BCUT2D eigenvalue weighted by Gasteiger charge is 2.25. The Morgan fingerprint density at radius 2 is 2.16 bits per heavy atom. The van der Waals surface area contributed by atoms with Crippen LogP contribution >= 0.6 is 0 Å². The fraction of sp³-hybridized carbons (Fsp3) is 0.615. The zero-order valence-corrected chi connectivity index (χ0v) is 11.3. The maximum absolute atomic E-state index is 11.0. The number of ether oxygens (including phenoxy) is 1. The topological polar surface area (TPSA) is 77.3 Å². The standard InChI is InChI=1S/C13H19N3O3/c1-9-5-3-4-6-10(9)14-13-11(16(17)18)7-8-12(15-13)19-2/h7-10H,3-6H2,1-2H3,(H,14,15). The van der Waals surface area contributed by atoms with E-state index in [1.165, 1.54) is 25.7 Å². The minimum atomic E-state index is -0.414. The first-order valence-corrected chi connectivity index (χ1v) is 6.57. The van der Waals surface area contributed by atoms with Gasteiger partial charge in [-0.3, -0.25) is 10.1 Å². The number of anilines is 1. The Labute approximate surface area is 112 Å². The molecule has 1 saturated carbocycles. The zero-order valence-electron chi connectivity index (χ0n) is 11.3. The van der Waals surface area contributed by atoms with Crippen LogP contribution in [-0.4, -0.2) is 23.1 Å². The molecule has 6 nitrogen and oxygen atoms in total. The van der Waals surface area contributed by atoms with E-state index in [-0.39, 0.29) is 11.7 Å². The van der Waals surface area contributed by atoms with E-state index in [0.29, 0.717) is 17.6 Å².